The first kappa shape index (κ1) is 18.7. The quantitative estimate of drug-likeness (QED) is 0.504. The fourth-order valence-electron chi connectivity index (χ4n) is 2.63. The molecule has 1 aromatic carbocycles. The summed E-state index contributed by atoms with van der Waals surface area (Å²) < 4.78 is 29.1. The van der Waals surface area contributed by atoms with Crippen LogP contribution in [-0.2, 0) is 22.9 Å². The van der Waals surface area contributed by atoms with Gasteiger partial charge in [-0.2, -0.15) is 17.9 Å². The van der Waals surface area contributed by atoms with Crippen LogP contribution in [0.4, 0.5) is 11.4 Å². The maximum absolute atomic E-state index is 12.8. The molecule has 0 saturated carbocycles. The minimum absolute atomic E-state index is 0.112. The molecular weight excluding hydrogens is 372 g/mol. The van der Waals surface area contributed by atoms with Gasteiger partial charge < -0.3 is 0 Å². The second-order valence-corrected chi connectivity index (χ2v) is 7.46. The van der Waals surface area contributed by atoms with Gasteiger partial charge in [0.25, 0.3) is 26.6 Å². The van der Waals surface area contributed by atoms with Gasteiger partial charge in [0.1, 0.15) is 5.69 Å². The van der Waals surface area contributed by atoms with Crippen molar-refractivity contribution in [3.63, 3.8) is 0 Å². The lowest BCUT2D eigenvalue weighted by Gasteiger charge is -2.08. The van der Waals surface area contributed by atoms with E-state index in [0.717, 1.165) is 11.4 Å². The third-order valence-corrected chi connectivity index (χ3v) is 5.19. The molecular formula is C16H18N6O4S. The number of fused-ring (bicyclic) bond motifs is 1. The molecule has 0 aliphatic heterocycles. The van der Waals surface area contributed by atoms with Gasteiger partial charge >= 0.3 is 0 Å². The summed E-state index contributed by atoms with van der Waals surface area (Å²) in [7, 11) is -4.24. The Bertz CT molecular complexity index is 1140. The number of benzene rings is 1. The summed E-state index contributed by atoms with van der Waals surface area (Å²) in [5, 5.41) is 14.8. The van der Waals surface area contributed by atoms with E-state index in [1.165, 1.54) is 16.6 Å². The van der Waals surface area contributed by atoms with Crippen LogP contribution in [0.3, 0.4) is 0 Å². The molecule has 142 valence electrons. The number of hydrogen-bond acceptors (Lipinski definition) is 7. The highest BCUT2D eigenvalue weighted by Gasteiger charge is 2.26. The van der Waals surface area contributed by atoms with Crippen molar-refractivity contribution in [2.75, 3.05) is 4.72 Å². The van der Waals surface area contributed by atoms with Crippen molar-refractivity contribution in [1.29, 1.82) is 0 Å². The molecule has 0 amide bonds. The molecule has 2 aromatic heterocycles. The number of hydrogen-bond donors (Lipinski definition) is 1. The minimum Gasteiger partial charge on any atom is -0.270 e. The summed E-state index contributed by atoms with van der Waals surface area (Å²) in [4.78, 5) is 18.9. The van der Waals surface area contributed by atoms with Crippen LogP contribution in [0.1, 0.15) is 30.8 Å². The molecule has 2 heterocycles. The summed E-state index contributed by atoms with van der Waals surface area (Å²) in [6, 6.07) is 6.13. The molecule has 3 rings (SSSR count). The van der Waals surface area contributed by atoms with E-state index in [-0.39, 0.29) is 17.2 Å². The standard InChI is InChI=1S/C16H18N6O4S/c1-4-11-9-12(5-2)21-15(17-11)18-16(19-21)27(25,26)20-14-10(3)7-6-8-13(14)22(23)24/h6-9,20H,4-5H2,1-3H3. The van der Waals surface area contributed by atoms with E-state index in [2.05, 4.69) is 19.8 Å². The molecule has 1 N–H and O–H groups in total. The van der Waals surface area contributed by atoms with Gasteiger partial charge in [0, 0.05) is 17.5 Å². The number of nitro groups is 1. The van der Waals surface area contributed by atoms with Crippen LogP contribution in [0.5, 0.6) is 0 Å². The van der Waals surface area contributed by atoms with Crippen LogP contribution < -0.4 is 4.72 Å². The van der Waals surface area contributed by atoms with Crippen LogP contribution in [0.25, 0.3) is 5.78 Å². The second kappa shape index (κ2) is 6.91. The van der Waals surface area contributed by atoms with Gasteiger partial charge in [-0.25, -0.2) is 4.98 Å². The molecule has 0 aliphatic carbocycles. The number of aryl methyl sites for hydroxylation is 3. The maximum atomic E-state index is 12.8. The van der Waals surface area contributed by atoms with Gasteiger partial charge in [-0.15, -0.1) is 5.10 Å². The van der Waals surface area contributed by atoms with Gasteiger partial charge in [0.05, 0.1) is 4.92 Å². The lowest BCUT2D eigenvalue weighted by atomic mass is 10.2. The third kappa shape index (κ3) is 3.45. The SMILES string of the molecule is CCc1cc(CC)n2nc(S(=O)(=O)Nc3c(C)cccc3[N+](=O)[O-])nc2n1. The number of rotatable bonds is 6. The Morgan fingerprint density at radius 3 is 2.59 bits per heavy atom. The van der Waals surface area contributed by atoms with Gasteiger partial charge in [0.15, 0.2) is 0 Å². The molecule has 0 aliphatic rings. The number of nitro benzene ring substituents is 1. The van der Waals surface area contributed by atoms with E-state index in [1.807, 2.05) is 19.9 Å². The monoisotopic (exact) mass is 390 g/mol. The summed E-state index contributed by atoms with van der Waals surface area (Å²) in [6.07, 6.45) is 1.29. The summed E-state index contributed by atoms with van der Waals surface area (Å²) in [5.41, 5.74) is 1.50. The van der Waals surface area contributed by atoms with Gasteiger partial charge in [-0.1, -0.05) is 26.0 Å². The molecule has 0 bridgehead atoms. The first-order chi connectivity index (χ1) is 12.8. The smallest absolute Gasteiger partial charge is 0.270 e. The predicted octanol–water partition coefficient (Wildman–Crippen LogP) is 2.27. The molecule has 0 radical (unpaired) electrons. The van der Waals surface area contributed by atoms with Gasteiger partial charge in [-0.05, 0) is 31.4 Å². The van der Waals surface area contributed by atoms with E-state index in [9.17, 15) is 18.5 Å². The number of aromatic nitrogens is 4. The molecule has 10 nitrogen and oxygen atoms in total. The lowest BCUT2D eigenvalue weighted by Crippen LogP contribution is -2.16. The van der Waals surface area contributed by atoms with Crippen molar-refractivity contribution in [3.8, 4) is 0 Å². The van der Waals surface area contributed by atoms with Crippen molar-refractivity contribution in [1.82, 2.24) is 19.6 Å². The van der Waals surface area contributed by atoms with E-state index in [4.69, 9.17) is 0 Å². The average Bonchev–Trinajstić information content (AvgIpc) is 3.07. The highest BCUT2D eigenvalue weighted by molar-refractivity contribution is 7.92. The molecule has 27 heavy (non-hydrogen) atoms. The lowest BCUT2D eigenvalue weighted by molar-refractivity contribution is -0.383. The van der Waals surface area contributed by atoms with Crippen LogP contribution in [-0.4, -0.2) is 32.9 Å². The molecule has 0 fully saturated rings. The number of anilines is 1. The van der Waals surface area contributed by atoms with Crippen molar-refractivity contribution < 1.29 is 13.3 Å². The molecule has 0 saturated heterocycles. The number of sulfonamides is 1. The normalized spacial score (nSPS) is 11.7. The minimum atomic E-state index is -4.24. The van der Waals surface area contributed by atoms with Gasteiger partial charge in [0.2, 0.25) is 0 Å². The topological polar surface area (TPSA) is 132 Å². The number of para-hydroxylation sites is 1. The molecule has 0 atom stereocenters. The first-order valence-electron chi connectivity index (χ1n) is 8.29. The van der Waals surface area contributed by atoms with Crippen LogP contribution in [0.2, 0.25) is 0 Å². The zero-order valence-corrected chi connectivity index (χ0v) is 15.8. The van der Waals surface area contributed by atoms with Crippen molar-refractivity contribution >= 4 is 27.2 Å². The highest BCUT2D eigenvalue weighted by atomic mass is 32.2. The Kier molecular flexibility index (Phi) is 4.79. The number of nitrogens with one attached hydrogen (secondary N) is 1. The molecule has 3 aromatic rings. The maximum Gasteiger partial charge on any atom is 0.299 e. The second-order valence-electron chi connectivity index (χ2n) is 5.88. The predicted molar refractivity (Wildman–Crippen MR) is 98.2 cm³/mol. The Balaban J connectivity index is 2.10. The van der Waals surface area contributed by atoms with Crippen molar-refractivity contribution in [2.24, 2.45) is 0 Å². The zero-order valence-electron chi connectivity index (χ0n) is 15.0. The Labute approximate surface area is 155 Å². The fraction of sp³-hybridized carbons (Fsp3) is 0.312. The van der Waals surface area contributed by atoms with E-state index < -0.39 is 20.1 Å². The Morgan fingerprint density at radius 2 is 1.96 bits per heavy atom. The fourth-order valence-corrected chi connectivity index (χ4v) is 3.65. The first-order valence-corrected chi connectivity index (χ1v) is 9.77. The van der Waals surface area contributed by atoms with Crippen molar-refractivity contribution in [3.05, 3.63) is 51.3 Å². The van der Waals surface area contributed by atoms with E-state index in [0.29, 0.717) is 18.4 Å². The zero-order chi connectivity index (χ0) is 19.8. The molecule has 0 unspecified atom stereocenters. The number of nitrogens with zero attached hydrogens (tertiary/aromatic N) is 5. The van der Waals surface area contributed by atoms with Crippen molar-refractivity contribution in [2.45, 2.75) is 38.8 Å². The Morgan fingerprint density at radius 1 is 1.22 bits per heavy atom. The largest absolute Gasteiger partial charge is 0.299 e. The van der Waals surface area contributed by atoms with E-state index >= 15 is 0 Å². The highest BCUT2D eigenvalue weighted by Crippen LogP contribution is 2.29. The van der Waals surface area contributed by atoms with E-state index in [1.54, 1.807) is 13.0 Å². The van der Waals surface area contributed by atoms with Crippen LogP contribution in [0.15, 0.2) is 29.4 Å². The summed E-state index contributed by atoms with van der Waals surface area (Å²) in [5.74, 6) is 0.172. The van der Waals surface area contributed by atoms with Crippen LogP contribution in [0, 0.1) is 17.0 Å². The third-order valence-electron chi connectivity index (χ3n) is 4.07. The molecule has 11 heteroatoms. The molecule has 0 spiro atoms. The summed E-state index contributed by atoms with van der Waals surface area (Å²) >= 11 is 0. The summed E-state index contributed by atoms with van der Waals surface area (Å²) in [6.45, 7) is 5.43. The van der Waals surface area contributed by atoms with Gasteiger partial charge in [-0.3, -0.25) is 14.8 Å². The average molecular weight is 390 g/mol. The Hall–Kier alpha value is -3.08. The van der Waals surface area contributed by atoms with Crippen LogP contribution >= 0.6 is 0 Å².